The molecule has 0 aliphatic heterocycles. The molecule has 0 bridgehead atoms. The van der Waals surface area contributed by atoms with Crippen molar-refractivity contribution in [2.24, 2.45) is 0 Å². The highest BCUT2D eigenvalue weighted by molar-refractivity contribution is 6.23. The molecule has 8 rings (SSSR count). The van der Waals surface area contributed by atoms with Gasteiger partial charge < -0.3 is 8.98 Å². The Hall–Kier alpha value is -5.66. The topological polar surface area (TPSA) is 54.8 Å². The highest BCUT2D eigenvalue weighted by Crippen LogP contribution is 2.40. The summed E-state index contributed by atoms with van der Waals surface area (Å²) in [5.41, 5.74) is 9.60. The maximum absolute atomic E-state index is 9.20. The van der Waals surface area contributed by atoms with E-state index in [4.69, 9.17) is 4.42 Å². The minimum Gasteiger partial charge on any atom is -0.455 e. The normalized spacial score (nSPS) is 11.5. The molecule has 40 heavy (non-hydrogen) atoms. The first-order valence-electron chi connectivity index (χ1n) is 13.2. The second-order valence-corrected chi connectivity index (χ2v) is 9.93. The van der Waals surface area contributed by atoms with Crippen LogP contribution in [0.5, 0.6) is 0 Å². The Kier molecular flexibility index (Phi) is 4.85. The van der Waals surface area contributed by atoms with Gasteiger partial charge in [0.1, 0.15) is 22.9 Å². The van der Waals surface area contributed by atoms with E-state index >= 15 is 0 Å². The molecule has 0 unspecified atom stereocenters. The van der Waals surface area contributed by atoms with Gasteiger partial charge in [0.05, 0.1) is 22.1 Å². The molecular weight excluding hydrogens is 490 g/mol. The van der Waals surface area contributed by atoms with Crippen LogP contribution in [-0.4, -0.2) is 9.55 Å². The second kappa shape index (κ2) is 8.69. The molecule has 0 N–H and O–H groups in total. The van der Waals surface area contributed by atoms with Crippen molar-refractivity contribution >= 4 is 43.7 Å². The molecular formula is C36H21N3O. The maximum atomic E-state index is 9.20. The van der Waals surface area contributed by atoms with Crippen LogP contribution in [0.2, 0.25) is 0 Å². The smallest absolute Gasteiger partial charge is 0.145 e. The van der Waals surface area contributed by atoms with E-state index in [1.54, 1.807) is 6.07 Å². The first-order chi connectivity index (χ1) is 19.8. The van der Waals surface area contributed by atoms with Crippen LogP contribution in [0.15, 0.2) is 132 Å². The zero-order valence-corrected chi connectivity index (χ0v) is 21.4. The van der Waals surface area contributed by atoms with E-state index in [0.29, 0.717) is 5.69 Å². The number of benzene rings is 5. The van der Waals surface area contributed by atoms with Crippen LogP contribution in [0.1, 0.15) is 5.69 Å². The number of rotatable bonds is 3. The van der Waals surface area contributed by atoms with Gasteiger partial charge in [0.2, 0.25) is 0 Å². The lowest BCUT2D eigenvalue weighted by Gasteiger charge is -2.11. The fourth-order valence-electron chi connectivity index (χ4n) is 5.83. The molecule has 5 aromatic carbocycles. The van der Waals surface area contributed by atoms with E-state index in [1.165, 1.54) is 5.39 Å². The first kappa shape index (κ1) is 22.3. The number of hydrogen-bond acceptors (Lipinski definition) is 3. The number of fused-ring (bicyclic) bond motifs is 7. The van der Waals surface area contributed by atoms with E-state index in [1.807, 2.05) is 24.3 Å². The molecule has 0 fully saturated rings. The molecule has 3 aromatic heterocycles. The van der Waals surface area contributed by atoms with Crippen molar-refractivity contribution in [2.45, 2.75) is 0 Å². The van der Waals surface area contributed by atoms with E-state index < -0.39 is 0 Å². The van der Waals surface area contributed by atoms with Gasteiger partial charge in [0.25, 0.3) is 0 Å². The van der Waals surface area contributed by atoms with Crippen LogP contribution in [0, 0.1) is 11.3 Å². The molecule has 8 aromatic rings. The third-order valence-electron chi connectivity index (χ3n) is 7.66. The van der Waals surface area contributed by atoms with Gasteiger partial charge in [0, 0.05) is 27.4 Å². The molecule has 0 saturated heterocycles. The number of pyridine rings is 1. The van der Waals surface area contributed by atoms with Gasteiger partial charge in [-0.25, -0.2) is 4.98 Å². The van der Waals surface area contributed by atoms with Gasteiger partial charge in [-0.15, -0.1) is 0 Å². The molecule has 0 aliphatic rings. The molecule has 0 saturated carbocycles. The average Bonchev–Trinajstić information content (AvgIpc) is 3.57. The quantitative estimate of drug-likeness (QED) is 0.237. The van der Waals surface area contributed by atoms with Crippen LogP contribution < -0.4 is 0 Å². The van der Waals surface area contributed by atoms with Crippen molar-refractivity contribution in [3.8, 4) is 34.1 Å². The SMILES string of the molecule is N#Cc1cccc(-c2ccc(-c3cccc(-n4c5ccccc5c5c6oc7ccccc7c6ccc54)c3)cc2)n1. The third kappa shape index (κ3) is 3.35. The van der Waals surface area contributed by atoms with Crippen molar-refractivity contribution in [3.63, 3.8) is 0 Å². The molecule has 4 heteroatoms. The highest BCUT2D eigenvalue weighted by atomic mass is 16.3. The second-order valence-electron chi connectivity index (χ2n) is 9.93. The number of hydrogen-bond donors (Lipinski definition) is 0. The van der Waals surface area contributed by atoms with Gasteiger partial charge in [-0.2, -0.15) is 5.26 Å². The predicted octanol–water partition coefficient (Wildman–Crippen LogP) is 9.28. The number of furan rings is 1. The number of para-hydroxylation sites is 2. The van der Waals surface area contributed by atoms with Crippen molar-refractivity contribution < 1.29 is 4.42 Å². The van der Waals surface area contributed by atoms with E-state index in [-0.39, 0.29) is 0 Å². The Morgan fingerprint density at radius 2 is 1.38 bits per heavy atom. The van der Waals surface area contributed by atoms with Gasteiger partial charge in [0.15, 0.2) is 0 Å². The van der Waals surface area contributed by atoms with Crippen LogP contribution in [-0.2, 0) is 0 Å². The number of aromatic nitrogens is 2. The molecule has 0 radical (unpaired) electrons. The summed E-state index contributed by atoms with van der Waals surface area (Å²) >= 11 is 0. The fourth-order valence-corrected chi connectivity index (χ4v) is 5.83. The molecule has 3 heterocycles. The minimum absolute atomic E-state index is 0.417. The van der Waals surface area contributed by atoms with Crippen molar-refractivity contribution in [1.82, 2.24) is 9.55 Å². The summed E-state index contributed by atoms with van der Waals surface area (Å²) in [7, 11) is 0. The zero-order valence-electron chi connectivity index (χ0n) is 21.4. The van der Waals surface area contributed by atoms with Crippen LogP contribution in [0.4, 0.5) is 0 Å². The minimum atomic E-state index is 0.417. The highest BCUT2D eigenvalue weighted by Gasteiger charge is 2.18. The molecule has 0 aliphatic carbocycles. The molecule has 0 spiro atoms. The van der Waals surface area contributed by atoms with E-state index in [0.717, 1.165) is 66.4 Å². The molecule has 0 atom stereocenters. The Labute approximate surface area is 230 Å². The summed E-state index contributed by atoms with van der Waals surface area (Å²) < 4.78 is 8.77. The monoisotopic (exact) mass is 511 g/mol. The standard InChI is InChI=1S/C36H21N3O/c37-22-26-8-6-12-31(38-26)24-17-15-23(16-18-24)25-7-5-9-27(21-25)39-32-13-3-1-11-30(32)35-33(39)20-19-29-28-10-2-4-14-34(28)40-36(29)35/h1-21H. The van der Waals surface area contributed by atoms with Crippen molar-refractivity contribution in [1.29, 1.82) is 5.26 Å². The Morgan fingerprint density at radius 1 is 0.600 bits per heavy atom. The molecule has 0 amide bonds. The summed E-state index contributed by atoms with van der Waals surface area (Å²) in [6.45, 7) is 0. The molecule has 4 nitrogen and oxygen atoms in total. The first-order valence-corrected chi connectivity index (χ1v) is 13.2. The van der Waals surface area contributed by atoms with Crippen LogP contribution >= 0.6 is 0 Å². The fraction of sp³-hybridized carbons (Fsp3) is 0. The Bertz CT molecular complexity index is 2280. The van der Waals surface area contributed by atoms with E-state index in [2.05, 4.69) is 113 Å². The number of nitriles is 1. The van der Waals surface area contributed by atoms with Crippen molar-refractivity contribution in [2.75, 3.05) is 0 Å². The largest absolute Gasteiger partial charge is 0.455 e. The number of nitrogens with zero attached hydrogens (tertiary/aromatic N) is 3. The lowest BCUT2D eigenvalue weighted by molar-refractivity contribution is 0.673. The summed E-state index contributed by atoms with van der Waals surface area (Å²) in [6, 6.07) is 45.8. The summed E-state index contributed by atoms with van der Waals surface area (Å²) in [6.07, 6.45) is 0. The zero-order chi connectivity index (χ0) is 26.6. The summed E-state index contributed by atoms with van der Waals surface area (Å²) in [5.74, 6) is 0. The molecule has 186 valence electrons. The third-order valence-corrected chi connectivity index (χ3v) is 7.66. The maximum Gasteiger partial charge on any atom is 0.145 e. The lowest BCUT2D eigenvalue weighted by Crippen LogP contribution is -1.94. The average molecular weight is 512 g/mol. The van der Waals surface area contributed by atoms with Crippen LogP contribution in [0.25, 0.3) is 71.8 Å². The van der Waals surface area contributed by atoms with Gasteiger partial charge in [-0.3, -0.25) is 0 Å². The van der Waals surface area contributed by atoms with E-state index in [9.17, 15) is 5.26 Å². The lowest BCUT2D eigenvalue weighted by atomic mass is 10.0. The summed E-state index contributed by atoms with van der Waals surface area (Å²) in [4.78, 5) is 4.43. The van der Waals surface area contributed by atoms with Gasteiger partial charge in [-0.1, -0.05) is 78.9 Å². The Balaban J connectivity index is 1.29. The predicted molar refractivity (Wildman–Crippen MR) is 161 cm³/mol. The van der Waals surface area contributed by atoms with Gasteiger partial charge in [-0.05, 0) is 59.7 Å². The summed E-state index contributed by atoms with van der Waals surface area (Å²) in [5, 5.41) is 13.8. The van der Waals surface area contributed by atoms with Crippen molar-refractivity contribution in [3.05, 3.63) is 133 Å². The van der Waals surface area contributed by atoms with Crippen LogP contribution in [0.3, 0.4) is 0 Å². The van der Waals surface area contributed by atoms with Gasteiger partial charge >= 0.3 is 0 Å². The Morgan fingerprint density at radius 3 is 2.25 bits per heavy atom.